The number of aryl methyl sites for hydroxylation is 1. The third kappa shape index (κ3) is 2.08. The molecule has 0 saturated heterocycles. The molecule has 72 valence electrons. The Kier molecular flexibility index (Phi) is 3.06. The molecule has 1 aromatic rings. The molecule has 0 aromatic heterocycles. The van der Waals surface area contributed by atoms with Crippen molar-refractivity contribution in [2.24, 2.45) is 0 Å². The zero-order valence-corrected chi connectivity index (χ0v) is 10.3. The molecule has 2 atom stereocenters. The Labute approximate surface area is 98.9 Å². The number of allylic oxidation sites excluding steroid dienone is 4. The van der Waals surface area contributed by atoms with Crippen molar-refractivity contribution in [3.63, 3.8) is 0 Å². The fourth-order valence-electron chi connectivity index (χ4n) is 1.66. The van der Waals surface area contributed by atoms with Gasteiger partial charge >= 0.3 is 0 Å². The second-order valence-electron chi connectivity index (χ2n) is 3.65. The molecule has 0 aliphatic heterocycles. The minimum absolute atomic E-state index is 0.543. The Balaban J connectivity index is 2.27. The van der Waals surface area contributed by atoms with Crippen molar-refractivity contribution < 1.29 is 0 Å². The van der Waals surface area contributed by atoms with Crippen molar-refractivity contribution in [2.75, 3.05) is 0 Å². The van der Waals surface area contributed by atoms with Crippen LogP contribution in [0.1, 0.15) is 17.0 Å². The number of alkyl halides is 1. The molecule has 1 aromatic carbocycles. The lowest BCUT2D eigenvalue weighted by Crippen LogP contribution is -2.09. The summed E-state index contributed by atoms with van der Waals surface area (Å²) in [7, 11) is 0. The fraction of sp³-hybridized carbons (Fsp3) is 0.231. The summed E-state index contributed by atoms with van der Waals surface area (Å²) in [5.74, 6) is 0.543. The average molecular weight is 296 g/mol. The van der Waals surface area contributed by atoms with E-state index in [1.54, 1.807) is 0 Å². The lowest BCUT2D eigenvalue weighted by Gasteiger charge is -2.19. The van der Waals surface area contributed by atoms with E-state index < -0.39 is 0 Å². The topological polar surface area (TPSA) is 0 Å². The Morgan fingerprint density at radius 2 is 1.64 bits per heavy atom. The third-order valence-corrected chi connectivity index (χ3v) is 3.72. The van der Waals surface area contributed by atoms with E-state index in [1.807, 2.05) is 0 Å². The predicted molar refractivity (Wildman–Crippen MR) is 70.0 cm³/mol. The van der Waals surface area contributed by atoms with Crippen LogP contribution in [0.2, 0.25) is 0 Å². The fourth-order valence-corrected chi connectivity index (χ4v) is 2.56. The Morgan fingerprint density at radius 1 is 1.00 bits per heavy atom. The van der Waals surface area contributed by atoms with Crippen LogP contribution in [0.5, 0.6) is 0 Å². The first-order valence-electron chi connectivity index (χ1n) is 4.83. The van der Waals surface area contributed by atoms with Crippen LogP contribution in [0.15, 0.2) is 48.6 Å². The predicted octanol–water partition coefficient (Wildman–Crippen LogP) is 4.01. The number of benzene rings is 1. The second-order valence-corrected chi connectivity index (χ2v) is 5.09. The van der Waals surface area contributed by atoms with Gasteiger partial charge in [0.15, 0.2) is 0 Å². The van der Waals surface area contributed by atoms with Crippen LogP contribution in [-0.4, -0.2) is 3.92 Å². The standard InChI is InChI=1S/C13H13I/c1-10-6-8-11(9-7-10)12-4-2-3-5-13(12)14/h2-9,12-13H,1H3/t12?,13-/m0/s1. The molecule has 14 heavy (non-hydrogen) atoms. The van der Waals surface area contributed by atoms with Crippen molar-refractivity contribution in [3.8, 4) is 0 Å². The van der Waals surface area contributed by atoms with Crippen LogP contribution in [0.3, 0.4) is 0 Å². The van der Waals surface area contributed by atoms with Gasteiger partial charge in [-0.05, 0) is 12.5 Å². The van der Waals surface area contributed by atoms with Gasteiger partial charge in [-0.3, -0.25) is 0 Å². The highest BCUT2D eigenvalue weighted by molar-refractivity contribution is 14.1. The summed E-state index contributed by atoms with van der Waals surface area (Å²) in [6.07, 6.45) is 8.80. The highest BCUT2D eigenvalue weighted by Gasteiger charge is 2.16. The monoisotopic (exact) mass is 296 g/mol. The van der Waals surface area contributed by atoms with E-state index in [4.69, 9.17) is 0 Å². The van der Waals surface area contributed by atoms with E-state index in [2.05, 4.69) is 78.1 Å². The molecule has 0 radical (unpaired) electrons. The molecule has 0 amide bonds. The molecular formula is C13H13I. The van der Waals surface area contributed by atoms with E-state index in [1.165, 1.54) is 11.1 Å². The number of rotatable bonds is 1. The normalized spacial score (nSPS) is 25.3. The minimum Gasteiger partial charge on any atom is -0.0771 e. The van der Waals surface area contributed by atoms with E-state index in [-0.39, 0.29) is 0 Å². The Bertz CT molecular complexity index is 359. The van der Waals surface area contributed by atoms with E-state index in [0.29, 0.717) is 9.84 Å². The van der Waals surface area contributed by atoms with Crippen LogP contribution < -0.4 is 0 Å². The third-order valence-electron chi connectivity index (χ3n) is 2.53. The van der Waals surface area contributed by atoms with Gasteiger partial charge in [0, 0.05) is 9.84 Å². The first-order valence-corrected chi connectivity index (χ1v) is 6.07. The largest absolute Gasteiger partial charge is 0.0771 e. The van der Waals surface area contributed by atoms with Gasteiger partial charge < -0.3 is 0 Å². The van der Waals surface area contributed by atoms with Crippen LogP contribution in [0.4, 0.5) is 0 Å². The van der Waals surface area contributed by atoms with Gasteiger partial charge in [-0.1, -0.05) is 76.7 Å². The summed E-state index contributed by atoms with van der Waals surface area (Å²) in [4.78, 5) is 0. The number of hydrogen-bond acceptors (Lipinski definition) is 0. The first-order chi connectivity index (χ1) is 6.77. The molecule has 0 fully saturated rings. The summed E-state index contributed by atoms with van der Waals surface area (Å²) in [6.45, 7) is 2.13. The van der Waals surface area contributed by atoms with Crippen molar-refractivity contribution in [2.45, 2.75) is 16.8 Å². The summed E-state index contributed by atoms with van der Waals surface area (Å²) in [5, 5.41) is 0. The molecule has 0 N–H and O–H groups in total. The lowest BCUT2D eigenvalue weighted by molar-refractivity contribution is 0.894. The minimum atomic E-state index is 0.543. The molecule has 0 nitrogen and oxygen atoms in total. The maximum atomic E-state index is 2.49. The van der Waals surface area contributed by atoms with E-state index in [9.17, 15) is 0 Å². The number of halogens is 1. The molecule has 0 bridgehead atoms. The SMILES string of the molecule is Cc1ccc(C2C=CC=C[C@@H]2I)cc1. The van der Waals surface area contributed by atoms with Crippen LogP contribution in [-0.2, 0) is 0 Å². The van der Waals surface area contributed by atoms with E-state index >= 15 is 0 Å². The van der Waals surface area contributed by atoms with Crippen molar-refractivity contribution in [1.29, 1.82) is 0 Å². The van der Waals surface area contributed by atoms with Crippen molar-refractivity contribution in [1.82, 2.24) is 0 Å². The molecule has 1 unspecified atom stereocenters. The summed E-state index contributed by atoms with van der Waals surface area (Å²) in [5.41, 5.74) is 2.74. The number of hydrogen-bond donors (Lipinski definition) is 0. The van der Waals surface area contributed by atoms with Gasteiger partial charge in [-0.15, -0.1) is 0 Å². The Hall–Kier alpha value is -0.570. The molecule has 1 aliphatic rings. The molecule has 1 heteroatoms. The molecular weight excluding hydrogens is 283 g/mol. The van der Waals surface area contributed by atoms with Gasteiger partial charge in [0.05, 0.1) is 0 Å². The van der Waals surface area contributed by atoms with Gasteiger partial charge in [0.1, 0.15) is 0 Å². The van der Waals surface area contributed by atoms with E-state index in [0.717, 1.165) is 0 Å². The van der Waals surface area contributed by atoms with Crippen LogP contribution in [0.25, 0.3) is 0 Å². The summed E-state index contributed by atoms with van der Waals surface area (Å²) < 4.78 is 0.584. The summed E-state index contributed by atoms with van der Waals surface area (Å²) in [6, 6.07) is 8.83. The highest BCUT2D eigenvalue weighted by atomic mass is 127. The smallest absolute Gasteiger partial charge is 0.0395 e. The van der Waals surface area contributed by atoms with Gasteiger partial charge in [0.2, 0.25) is 0 Å². The summed E-state index contributed by atoms with van der Waals surface area (Å²) >= 11 is 2.49. The van der Waals surface area contributed by atoms with Gasteiger partial charge in [0.25, 0.3) is 0 Å². The highest BCUT2D eigenvalue weighted by Crippen LogP contribution is 2.30. The van der Waals surface area contributed by atoms with Crippen molar-refractivity contribution >= 4 is 22.6 Å². The molecule has 0 saturated carbocycles. The zero-order chi connectivity index (χ0) is 9.97. The maximum Gasteiger partial charge on any atom is 0.0395 e. The average Bonchev–Trinajstić information content (AvgIpc) is 2.20. The zero-order valence-electron chi connectivity index (χ0n) is 8.15. The van der Waals surface area contributed by atoms with Crippen molar-refractivity contribution in [3.05, 3.63) is 59.7 Å². The first kappa shape index (κ1) is 9.97. The maximum absolute atomic E-state index is 2.49. The van der Waals surface area contributed by atoms with Gasteiger partial charge in [-0.25, -0.2) is 0 Å². The van der Waals surface area contributed by atoms with Crippen LogP contribution in [0, 0.1) is 6.92 Å². The van der Waals surface area contributed by atoms with Gasteiger partial charge in [-0.2, -0.15) is 0 Å². The second kappa shape index (κ2) is 4.30. The molecule has 2 rings (SSSR count). The molecule has 1 aliphatic carbocycles. The molecule has 0 spiro atoms. The molecule has 0 heterocycles. The Morgan fingerprint density at radius 3 is 2.29 bits per heavy atom. The lowest BCUT2D eigenvalue weighted by atomic mass is 9.92. The van der Waals surface area contributed by atoms with Crippen LogP contribution >= 0.6 is 22.6 Å². The quantitative estimate of drug-likeness (QED) is 0.542.